The van der Waals surface area contributed by atoms with E-state index in [0.717, 1.165) is 23.4 Å². The summed E-state index contributed by atoms with van der Waals surface area (Å²) >= 11 is 0. The first-order valence-corrected chi connectivity index (χ1v) is 8.32. The van der Waals surface area contributed by atoms with Crippen LogP contribution in [0.4, 0.5) is 8.78 Å². The van der Waals surface area contributed by atoms with Crippen LogP contribution in [0.2, 0.25) is 0 Å². The average Bonchev–Trinajstić information content (AvgIpc) is 2.67. The van der Waals surface area contributed by atoms with Gasteiger partial charge in [0.05, 0.1) is 6.61 Å². The van der Waals surface area contributed by atoms with Gasteiger partial charge < -0.3 is 15.4 Å². The highest BCUT2D eigenvalue weighted by Crippen LogP contribution is 2.17. The minimum Gasteiger partial charge on any atom is -0.494 e. The summed E-state index contributed by atoms with van der Waals surface area (Å²) in [7, 11) is 1.39. The van der Waals surface area contributed by atoms with E-state index in [1.54, 1.807) is 30.3 Å². The third-order valence-electron chi connectivity index (χ3n) is 3.69. The number of benzene rings is 2. The number of likely N-dealkylation sites (N-methyl/N-ethyl adjacent to an activating group) is 1. The summed E-state index contributed by atoms with van der Waals surface area (Å²) in [5.74, 6) is -2.51. The number of amides is 2. The number of rotatable bonds is 7. The van der Waals surface area contributed by atoms with E-state index >= 15 is 0 Å². The summed E-state index contributed by atoms with van der Waals surface area (Å²) < 4.78 is 31.9. The van der Waals surface area contributed by atoms with Crippen LogP contribution in [0.25, 0.3) is 6.08 Å². The zero-order chi connectivity index (χ0) is 19.8. The van der Waals surface area contributed by atoms with Crippen LogP contribution in [0.15, 0.2) is 48.5 Å². The fourth-order valence-corrected chi connectivity index (χ4v) is 2.34. The summed E-state index contributed by atoms with van der Waals surface area (Å²) in [5, 5.41) is 4.87. The van der Waals surface area contributed by atoms with Crippen molar-refractivity contribution in [2.45, 2.75) is 13.0 Å². The Labute approximate surface area is 156 Å². The normalized spacial score (nSPS) is 11.9. The van der Waals surface area contributed by atoms with Crippen molar-refractivity contribution in [3.05, 3.63) is 71.3 Å². The average molecular weight is 374 g/mol. The van der Waals surface area contributed by atoms with Crippen LogP contribution in [0.5, 0.6) is 5.75 Å². The minimum absolute atomic E-state index is 0.135. The van der Waals surface area contributed by atoms with Gasteiger partial charge in [-0.3, -0.25) is 9.59 Å². The first kappa shape index (κ1) is 20.1. The maximum absolute atomic E-state index is 13.5. The van der Waals surface area contributed by atoms with E-state index in [9.17, 15) is 18.4 Å². The molecule has 0 spiro atoms. The second-order valence-corrected chi connectivity index (χ2v) is 5.56. The van der Waals surface area contributed by atoms with E-state index < -0.39 is 29.5 Å². The molecule has 5 nitrogen and oxygen atoms in total. The molecule has 0 aliphatic rings. The van der Waals surface area contributed by atoms with E-state index in [1.807, 2.05) is 6.92 Å². The topological polar surface area (TPSA) is 67.4 Å². The number of nitrogens with one attached hydrogen (secondary N) is 2. The van der Waals surface area contributed by atoms with Crippen molar-refractivity contribution in [1.82, 2.24) is 10.6 Å². The number of ether oxygens (including phenoxy) is 1. The number of carbonyl (C=O) groups is 2. The molecule has 2 aromatic rings. The fraction of sp³-hybridized carbons (Fsp3) is 0.200. The Bertz CT molecular complexity index is 836. The number of halogens is 2. The Kier molecular flexibility index (Phi) is 7.05. The molecule has 1 atom stereocenters. The molecule has 2 N–H and O–H groups in total. The monoisotopic (exact) mass is 374 g/mol. The van der Waals surface area contributed by atoms with Crippen molar-refractivity contribution in [3.8, 4) is 5.75 Å². The molecule has 27 heavy (non-hydrogen) atoms. The Morgan fingerprint density at radius 2 is 1.81 bits per heavy atom. The SMILES string of the molecule is CCOc1ccc(C=CC(=O)NC(C(=O)NC)c2ccc(F)c(F)c2)cc1. The van der Waals surface area contributed by atoms with Crippen LogP contribution >= 0.6 is 0 Å². The molecule has 1 unspecified atom stereocenters. The molecule has 0 bridgehead atoms. The second-order valence-electron chi connectivity index (χ2n) is 5.56. The highest BCUT2D eigenvalue weighted by molar-refractivity contribution is 5.95. The van der Waals surface area contributed by atoms with E-state index in [4.69, 9.17) is 4.74 Å². The van der Waals surface area contributed by atoms with E-state index in [-0.39, 0.29) is 5.56 Å². The van der Waals surface area contributed by atoms with Gasteiger partial charge in [-0.25, -0.2) is 8.78 Å². The van der Waals surface area contributed by atoms with Gasteiger partial charge in [-0.2, -0.15) is 0 Å². The molecule has 0 saturated carbocycles. The van der Waals surface area contributed by atoms with Crippen LogP contribution in [0.3, 0.4) is 0 Å². The molecule has 0 heterocycles. The third-order valence-corrected chi connectivity index (χ3v) is 3.69. The Morgan fingerprint density at radius 1 is 1.11 bits per heavy atom. The Morgan fingerprint density at radius 3 is 2.41 bits per heavy atom. The summed E-state index contributed by atoms with van der Waals surface area (Å²) in [6, 6.07) is 8.98. The first-order valence-electron chi connectivity index (χ1n) is 8.32. The number of carbonyl (C=O) groups excluding carboxylic acids is 2. The van der Waals surface area contributed by atoms with Gasteiger partial charge in [0.15, 0.2) is 11.6 Å². The molecular weight excluding hydrogens is 354 g/mol. The van der Waals surface area contributed by atoms with Gasteiger partial charge in [-0.15, -0.1) is 0 Å². The molecule has 7 heteroatoms. The largest absolute Gasteiger partial charge is 0.494 e. The molecule has 0 fully saturated rings. The van der Waals surface area contributed by atoms with Crippen molar-refractivity contribution in [1.29, 1.82) is 0 Å². The summed E-state index contributed by atoms with van der Waals surface area (Å²) in [6.45, 7) is 2.44. The predicted molar refractivity (Wildman–Crippen MR) is 98.0 cm³/mol. The minimum atomic E-state index is -1.15. The van der Waals surface area contributed by atoms with Gasteiger partial charge >= 0.3 is 0 Å². The molecule has 2 amide bonds. The highest BCUT2D eigenvalue weighted by atomic mass is 19.2. The zero-order valence-corrected chi connectivity index (χ0v) is 15.0. The van der Waals surface area contributed by atoms with Gasteiger partial charge in [-0.1, -0.05) is 18.2 Å². The Balaban J connectivity index is 2.11. The zero-order valence-electron chi connectivity index (χ0n) is 15.0. The smallest absolute Gasteiger partial charge is 0.246 e. The summed E-state index contributed by atoms with van der Waals surface area (Å²) in [6.07, 6.45) is 2.82. The second kappa shape index (κ2) is 9.47. The van der Waals surface area contributed by atoms with E-state index in [1.165, 1.54) is 19.2 Å². The van der Waals surface area contributed by atoms with Crippen LogP contribution in [0.1, 0.15) is 24.1 Å². The van der Waals surface area contributed by atoms with Crippen molar-refractivity contribution in [3.63, 3.8) is 0 Å². The molecule has 0 saturated heterocycles. The Hall–Kier alpha value is -3.22. The lowest BCUT2D eigenvalue weighted by molar-refractivity contribution is -0.126. The van der Waals surface area contributed by atoms with Crippen LogP contribution < -0.4 is 15.4 Å². The lowest BCUT2D eigenvalue weighted by Gasteiger charge is -2.17. The lowest BCUT2D eigenvalue weighted by Crippen LogP contribution is -2.38. The van der Waals surface area contributed by atoms with Crippen molar-refractivity contribution >= 4 is 17.9 Å². The molecule has 0 aromatic heterocycles. The molecule has 0 aliphatic heterocycles. The number of hydrogen-bond acceptors (Lipinski definition) is 3. The maximum atomic E-state index is 13.5. The van der Waals surface area contributed by atoms with Gasteiger partial charge in [0.2, 0.25) is 11.8 Å². The van der Waals surface area contributed by atoms with Gasteiger partial charge in [0, 0.05) is 13.1 Å². The lowest BCUT2D eigenvalue weighted by atomic mass is 10.1. The standard InChI is InChI=1S/C20H20F2N2O3/c1-3-27-15-8-4-13(5-9-15)6-11-18(25)24-19(20(26)23-2)14-7-10-16(21)17(22)12-14/h4-12,19H,3H2,1-2H3,(H,23,26)(H,24,25). The summed E-state index contributed by atoms with van der Waals surface area (Å²) in [4.78, 5) is 24.2. The first-order chi connectivity index (χ1) is 12.9. The van der Waals surface area contributed by atoms with E-state index in [2.05, 4.69) is 10.6 Å². The van der Waals surface area contributed by atoms with Crippen LogP contribution in [-0.2, 0) is 9.59 Å². The van der Waals surface area contributed by atoms with E-state index in [0.29, 0.717) is 6.61 Å². The third kappa shape index (κ3) is 5.64. The van der Waals surface area contributed by atoms with Crippen LogP contribution in [0, 0.1) is 11.6 Å². The predicted octanol–water partition coefficient (Wildman–Crippen LogP) is 2.98. The number of hydrogen-bond donors (Lipinski definition) is 2. The molecule has 142 valence electrons. The van der Waals surface area contributed by atoms with Gasteiger partial charge in [0.1, 0.15) is 11.8 Å². The van der Waals surface area contributed by atoms with Crippen molar-refractivity contribution in [2.75, 3.05) is 13.7 Å². The maximum Gasteiger partial charge on any atom is 0.246 e. The van der Waals surface area contributed by atoms with Crippen molar-refractivity contribution in [2.24, 2.45) is 0 Å². The molecule has 0 radical (unpaired) electrons. The molecule has 0 aliphatic carbocycles. The molecular formula is C20H20F2N2O3. The van der Waals surface area contributed by atoms with Gasteiger partial charge in [0.25, 0.3) is 0 Å². The van der Waals surface area contributed by atoms with Crippen LogP contribution in [-0.4, -0.2) is 25.5 Å². The highest BCUT2D eigenvalue weighted by Gasteiger charge is 2.22. The fourth-order valence-electron chi connectivity index (χ4n) is 2.34. The molecule has 2 aromatic carbocycles. The van der Waals surface area contributed by atoms with Gasteiger partial charge in [-0.05, 0) is 48.4 Å². The summed E-state index contributed by atoms with van der Waals surface area (Å²) in [5.41, 5.74) is 0.897. The van der Waals surface area contributed by atoms with Crippen molar-refractivity contribution < 1.29 is 23.1 Å². The molecule has 2 rings (SSSR count). The quantitative estimate of drug-likeness (QED) is 0.732.